The predicted molar refractivity (Wildman–Crippen MR) is 101 cm³/mol. The summed E-state index contributed by atoms with van der Waals surface area (Å²) in [6, 6.07) is 3.73. The maximum absolute atomic E-state index is 11.6. The zero-order valence-corrected chi connectivity index (χ0v) is 16.2. The van der Waals surface area contributed by atoms with Crippen LogP contribution in [0.2, 0.25) is 0 Å². The van der Waals surface area contributed by atoms with Crippen molar-refractivity contribution in [2.45, 2.75) is 38.3 Å². The summed E-state index contributed by atoms with van der Waals surface area (Å²) < 4.78 is 11.6. The van der Waals surface area contributed by atoms with Gasteiger partial charge in [0.25, 0.3) is 5.91 Å². The van der Waals surface area contributed by atoms with Crippen LogP contribution >= 0.6 is 0 Å². The molecule has 3 unspecified atom stereocenters. The summed E-state index contributed by atoms with van der Waals surface area (Å²) in [5.74, 6) is 0.738. The molecule has 0 aliphatic heterocycles. The zero-order chi connectivity index (χ0) is 19.4. The number of rotatable bonds is 7. The van der Waals surface area contributed by atoms with E-state index in [4.69, 9.17) is 14.9 Å². The van der Waals surface area contributed by atoms with E-state index in [9.17, 15) is 4.79 Å². The van der Waals surface area contributed by atoms with Crippen LogP contribution in [0.3, 0.4) is 0 Å². The smallest absolute Gasteiger partial charge is 0.267 e. The van der Waals surface area contributed by atoms with Gasteiger partial charge >= 0.3 is 0 Å². The molecule has 0 bridgehead atoms. The number of amides is 1. The number of pyridine rings is 1. The molecule has 1 aliphatic carbocycles. The van der Waals surface area contributed by atoms with E-state index in [-0.39, 0.29) is 11.6 Å². The van der Waals surface area contributed by atoms with Crippen LogP contribution in [0.5, 0.6) is 0 Å². The van der Waals surface area contributed by atoms with Gasteiger partial charge in [0.1, 0.15) is 12.0 Å². The van der Waals surface area contributed by atoms with E-state index in [1.807, 2.05) is 6.07 Å². The lowest BCUT2D eigenvalue weighted by molar-refractivity contribution is -0.132. The number of primary amides is 1. The van der Waals surface area contributed by atoms with Crippen molar-refractivity contribution >= 4 is 5.91 Å². The van der Waals surface area contributed by atoms with E-state index in [0.717, 1.165) is 31.4 Å². The molecule has 7 nitrogen and oxygen atoms in total. The number of ether oxygens (including phenoxy) is 1. The minimum Gasteiger partial charge on any atom is -0.448 e. The average Bonchev–Trinajstić information content (AvgIpc) is 3.15. The van der Waals surface area contributed by atoms with Gasteiger partial charge < -0.3 is 14.9 Å². The van der Waals surface area contributed by atoms with E-state index in [0.29, 0.717) is 18.4 Å². The first-order valence-electron chi connectivity index (χ1n) is 9.35. The van der Waals surface area contributed by atoms with Gasteiger partial charge in [-0.1, -0.05) is 13.3 Å². The molecule has 146 valence electrons. The molecule has 3 rings (SSSR count). The number of aromatic nitrogens is 2. The van der Waals surface area contributed by atoms with Gasteiger partial charge in [0.05, 0.1) is 18.3 Å². The first kappa shape index (κ1) is 19.5. The van der Waals surface area contributed by atoms with Crippen molar-refractivity contribution in [3.05, 3.63) is 47.9 Å². The molecule has 2 aromatic heterocycles. The lowest BCUT2D eigenvalue weighted by atomic mass is 9.65. The van der Waals surface area contributed by atoms with E-state index in [2.05, 4.69) is 28.8 Å². The van der Waals surface area contributed by atoms with E-state index in [1.54, 1.807) is 31.8 Å². The van der Waals surface area contributed by atoms with Crippen LogP contribution in [-0.4, -0.2) is 41.5 Å². The number of nitrogens with zero attached hydrogens (tertiary/aromatic N) is 3. The highest BCUT2D eigenvalue weighted by Gasteiger charge is 2.48. The number of carbonyl (C=O) groups is 1. The normalized spacial score (nSPS) is 25.6. The molecule has 1 amide bonds. The van der Waals surface area contributed by atoms with Gasteiger partial charge in [-0.2, -0.15) is 0 Å². The fourth-order valence-electron chi connectivity index (χ4n) is 4.55. The van der Waals surface area contributed by atoms with Crippen molar-refractivity contribution in [2.75, 3.05) is 20.7 Å². The van der Waals surface area contributed by atoms with Crippen LogP contribution in [-0.2, 0) is 16.9 Å². The van der Waals surface area contributed by atoms with Gasteiger partial charge in [-0.05, 0) is 43.5 Å². The second-order valence-electron chi connectivity index (χ2n) is 7.44. The Morgan fingerprint density at radius 3 is 2.89 bits per heavy atom. The zero-order valence-electron chi connectivity index (χ0n) is 16.2. The Morgan fingerprint density at radius 1 is 1.41 bits per heavy atom. The minimum atomic E-state index is -0.524. The van der Waals surface area contributed by atoms with Crippen molar-refractivity contribution in [3.63, 3.8) is 0 Å². The molecule has 0 saturated heterocycles. The van der Waals surface area contributed by atoms with Crippen molar-refractivity contribution in [3.8, 4) is 0 Å². The Kier molecular flexibility index (Phi) is 5.92. The number of oxazole rings is 1. The molecule has 27 heavy (non-hydrogen) atoms. The van der Waals surface area contributed by atoms with E-state index >= 15 is 0 Å². The molecule has 0 aromatic carbocycles. The maximum Gasteiger partial charge on any atom is 0.267 e. The van der Waals surface area contributed by atoms with Gasteiger partial charge in [0.15, 0.2) is 0 Å². The Balaban J connectivity index is 1.90. The number of nitrogens with two attached hydrogens (primary N) is 1. The monoisotopic (exact) mass is 372 g/mol. The number of carbonyl (C=O) groups excluding carboxylic acids is 1. The lowest BCUT2D eigenvalue weighted by Gasteiger charge is -2.49. The Bertz CT molecular complexity index is 764. The fraction of sp³-hybridized carbons (Fsp3) is 0.550. The van der Waals surface area contributed by atoms with Crippen molar-refractivity contribution in [1.29, 1.82) is 0 Å². The summed E-state index contributed by atoms with van der Waals surface area (Å²) in [6.07, 6.45) is 8.16. The topological polar surface area (TPSA) is 94.5 Å². The van der Waals surface area contributed by atoms with Crippen LogP contribution in [0.15, 0.2) is 35.2 Å². The standard InChI is InChI=1S/C20H28N4O3/c1-14-5-4-6-16(12-24(2)13-18-23-9-10-27-18)20(14,26-3)15-7-8-22-17(11-15)19(21)25/h7-11,14,16H,4-6,12-13H2,1-3H3,(H2,21,25). The third kappa shape index (κ3) is 3.89. The lowest BCUT2D eigenvalue weighted by Crippen LogP contribution is -2.49. The highest BCUT2D eigenvalue weighted by molar-refractivity contribution is 5.90. The molecular weight excluding hydrogens is 344 g/mol. The quantitative estimate of drug-likeness (QED) is 0.803. The van der Waals surface area contributed by atoms with Crippen LogP contribution in [0.4, 0.5) is 0 Å². The van der Waals surface area contributed by atoms with Gasteiger partial charge in [-0.25, -0.2) is 4.98 Å². The third-order valence-electron chi connectivity index (χ3n) is 5.75. The van der Waals surface area contributed by atoms with Crippen LogP contribution < -0.4 is 5.73 Å². The molecular formula is C20H28N4O3. The summed E-state index contributed by atoms with van der Waals surface area (Å²) in [5, 5.41) is 0. The first-order valence-corrected chi connectivity index (χ1v) is 9.35. The summed E-state index contributed by atoms with van der Waals surface area (Å²) in [7, 11) is 3.82. The average molecular weight is 372 g/mol. The second kappa shape index (κ2) is 8.19. The predicted octanol–water partition coefficient (Wildman–Crippen LogP) is 2.58. The first-order chi connectivity index (χ1) is 13.0. The van der Waals surface area contributed by atoms with Gasteiger partial charge in [0.2, 0.25) is 5.89 Å². The summed E-state index contributed by atoms with van der Waals surface area (Å²) >= 11 is 0. The van der Waals surface area contributed by atoms with Crippen LogP contribution in [0, 0.1) is 11.8 Å². The van der Waals surface area contributed by atoms with E-state index < -0.39 is 11.5 Å². The highest BCUT2D eigenvalue weighted by atomic mass is 16.5. The Labute approximate surface area is 159 Å². The van der Waals surface area contributed by atoms with Gasteiger partial charge in [-0.3, -0.25) is 14.7 Å². The highest BCUT2D eigenvalue weighted by Crippen LogP contribution is 2.48. The Morgan fingerprint density at radius 2 is 2.22 bits per heavy atom. The molecule has 2 heterocycles. The van der Waals surface area contributed by atoms with Crippen LogP contribution in [0.1, 0.15) is 48.1 Å². The molecule has 2 N–H and O–H groups in total. The largest absolute Gasteiger partial charge is 0.448 e. The molecule has 2 aromatic rings. The molecule has 7 heteroatoms. The number of hydrogen-bond donors (Lipinski definition) is 1. The van der Waals surface area contributed by atoms with E-state index in [1.165, 1.54) is 0 Å². The maximum atomic E-state index is 11.6. The van der Waals surface area contributed by atoms with Crippen molar-refractivity contribution in [1.82, 2.24) is 14.9 Å². The second-order valence-corrected chi connectivity index (χ2v) is 7.44. The van der Waals surface area contributed by atoms with Gasteiger partial charge in [-0.15, -0.1) is 0 Å². The molecule has 1 fully saturated rings. The summed E-state index contributed by atoms with van der Waals surface area (Å²) in [4.78, 5) is 22.2. The molecule has 1 saturated carbocycles. The number of methoxy groups -OCH3 is 1. The van der Waals surface area contributed by atoms with Crippen molar-refractivity contribution in [2.24, 2.45) is 17.6 Å². The van der Waals surface area contributed by atoms with Crippen molar-refractivity contribution < 1.29 is 13.9 Å². The molecule has 1 aliphatic rings. The number of hydrogen-bond acceptors (Lipinski definition) is 6. The molecule has 3 atom stereocenters. The Hall–Kier alpha value is -2.25. The molecule has 0 radical (unpaired) electrons. The summed E-state index contributed by atoms with van der Waals surface area (Å²) in [5.41, 5.74) is 6.20. The third-order valence-corrected chi connectivity index (χ3v) is 5.75. The van der Waals surface area contributed by atoms with Crippen LogP contribution in [0.25, 0.3) is 0 Å². The fourth-order valence-corrected chi connectivity index (χ4v) is 4.55. The summed E-state index contributed by atoms with van der Waals surface area (Å²) in [6.45, 7) is 3.68. The molecule has 0 spiro atoms. The van der Waals surface area contributed by atoms with Gasteiger partial charge in [0, 0.05) is 25.8 Å². The SMILES string of the molecule is COC1(c2ccnc(C(N)=O)c2)C(C)CCCC1CN(C)Cc1ncco1. The minimum absolute atomic E-state index is 0.259.